The van der Waals surface area contributed by atoms with Crippen molar-refractivity contribution in [3.8, 4) is 0 Å². The van der Waals surface area contributed by atoms with Gasteiger partial charge in [-0.1, -0.05) is 45.4 Å². The highest BCUT2D eigenvalue weighted by molar-refractivity contribution is 5.66. The van der Waals surface area contributed by atoms with Crippen LogP contribution in [0.25, 0.3) is 0 Å². The summed E-state index contributed by atoms with van der Waals surface area (Å²) in [6.45, 7) is 2.42. The topological polar surface area (TPSA) is 37.3 Å². The first-order valence-corrected chi connectivity index (χ1v) is 7.40. The van der Waals surface area contributed by atoms with E-state index in [2.05, 4.69) is 6.92 Å². The van der Waals surface area contributed by atoms with Crippen LogP contribution in [-0.4, -0.2) is 11.1 Å². The maximum atomic E-state index is 10.6. The van der Waals surface area contributed by atoms with Crippen molar-refractivity contribution in [1.82, 2.24) is 0 Å². The van der Waals surface area contributed by atoms with Crippen molar-refractivity contribution in [3.63, 3.8) is 0 Å². The lowest BCUT2D eigenvalue weighted by atomic mass is 9.60. The fourth-order valence-corrected chi connectivity index (χ4v) is 4.42. The molecule has 0 heterocycles. The number of fused-ring (bicyclic) bond motifs is 1. The molecule has 2 rings (SSSR count). The normalized spacial score (nSPS) is 37.5. The van der Waals surface area contributed by atoms with Crippen LogP contribution in [0.15, 0.2) is 0 Å². The first-order valence-electron chi connectivity index (χ1n) is 7.40. The SMILES string of the molecule is CC1CCCC2CCCC(CCCC(=O)O)C12. The largest absolute Gasteiger partial charge is 0.481 e. The molecule has 0 radical (unpaired) electrons. The Bertz CT molecular complexity index is 260. The minimum atomic E-state index is -0.631. The quantitative estimate of drug-likeness (QED) is 0.800. The molecule has 2 fully saturated rings. The van der Waals surface area contributed by atoms with E-state index in [1.54, 1.807) is 0 Å². The molecule has 1 N–H and O–H groups in total. The summed E-state index contributed by atoms with van der Waals surface area (Å²) in [5.74, 6) is 2.94. The number of aliphatic carboxylic acids is 1. The lowest BCUT2D eigenvalue weighted by Crippen LogP contribution is -2.36. The van der Waals surface area contributed by atoms with Crippen molar-refractivity contribution in [1.29, 1.82) is 0 Å². The van der Waals surface area contributed by atoms with E-state index in [4.69, 9.17) is 5.11 Å². The van der Waals surface area contributed by atoms with Crippen LogP contribution in [0, 0.1) is 23.7 Å². The van der Waals surface area contributed by atoms with E-state index in [9.17, 15) is 4.79 Å². The zero-order chi connectivity index (χ0) is 12.3. The highest BCUT2D eigenvalue weighted by atomic mass is 16.4. The molecule has 2 aliphatic rings. The third kappa shape index (κ3) is 3.23. The molecule has 2 saturated carbocycles. The number of carboxylic acid groups (broad SMARTS) is 1. The van der Waals surface area contributed by atoms with Crippen LogP contribution in [0.2, 0.25) is 0 Å². The number of rotatable bonds is 4. The highest BCUT2D eigenvalue weighted by Gasteiger charge is 2.38. The minimum absolute atomic E-state index is 0.363. The molecule has 98 valence electrons. The molecule has 0 spiro atoms. The van der Waals surface area contributed by atoms with Gasteiger partial charge in [0.2, 0.25) is 0 Å². The van der Waals surface area contributed by atoms with Gasteiger partial charge in [0.25, 0.3) is 0 Å². The molecular formula is C15H26O2. The molecule has 0 aromatic rings. The van der Waals surface area contributed by atoms with E-state index in [0.717, 1.165) is 36.5 Å². The van der Waals surface area contributed by atoms with Crippen LogP contribution in [0.3, 0.4) is 0 Å². The van der Waals surface area contributed by atoms with E-state index in [0.29, 0.717) is 6.42 Å². The summed E-state index contributed by atoms with van der Waals surface area (Å²) in [6.07, 6.45) is 10.8. The molecule has 2 aliphatic carbocycles. The van der Waals surface area contributed by atoms with Gasteiger partial charge in [-0.3, -0.25) is 4.79 Å². The van der Waals surface area contributed by atoms with Crippen molar-refractivity contribution < 1.29 is 9.90 Å². The number of carboxylic acids is 1. The Labute approximate surface area is 105 Å². The maximum Gasteiger partial charge on any atom is 0.303 e. The maximum absolute atomic E-state index is 10.6. The summed E-state index contributed by atoms with van der Waals surface area (Å²) in [4.78, 5) is 10.6. The Morgan fingerprint density at radius 2 is 1.88 bits per heavy atom. The average Bonchev–Trinajstić information content (AvgIpc) is 2.29. The predicted octanol–water partition coefficient (Wildman–Crippen LogP) is 4.09. The number of carbonyl (C=O) groups is 1. The third-order valence-electron chi connectivity index (χ3n) is 5.10. The number of hydrogen-bond donors (Lipinski definition) is 1. The molecule has 0 aliphatic heterocycles. The van der Waals surface area contributed by atoms with Gasteiger partial charge in [0, 0.05) is 6.42 Å². The second kappa shape index (κ2) is 5.88. The van der Waals surface area contributed by atoms with Crippen molar-refractivity contribution in [2.45, 2.75) is 64.7 Å². The molecule has 2 heteroatoms. The molecule has 2 nitrogen and oxygen atoms in total. The monoisotopic (exact) mass is 238 g/mol. The molecule has 0 bridgehead atoms. The Morgan fingerprint density at radius 1 is 1.18 bits per heavy atom. The summed E-state index contributed by atoms with van der Waals surface area (Å²) in [7, 11) is 0. The lowest BCUT2D eigenvalue weighted by molar-refractivity contribution is -0.137. The summed E-state index contributed by atoms with van der Waals surface area (Å²) < 4.78 is 0. The van der Waals surface area contributed by atoms with Gasteiger partial charge in [-0.25, -0.2) is 0 Å². The van der Waals surface area contributed by atoms with E-state index in [1.807, 2.05) is 0 Å². The van der Waals surface area contributed by atoms with Crippen molar-refractivity contribution >= 4 is 5.97 Å². The van der Waals surface area contributed by atoms with Gasteiger partial charge in [0.05, 0.1) is 0 Å². The zero-order valence-electron chi connectivity index (χ0n) is 11.0. The van der Waals surface area contributed by atoms with Crippen LogP contribution < -0.4 is 0 Å². The third-order valence-corrected chi connectivity index (χ3v) is 5.10. The van der Waals surface area contributed by atoms with Crippen molar-refractivity contribution in [3.05, 3.63) is 0 Å². The molecule has 4 unspecified atom stereocenters. The minimum Gasteiger partial charge on any atom is -0.481 e. The average molecular weight is 238 g/mol. The number of hydrogen-bond acceptors (Lipinski definition) is 1. The first-order chi connectivity index (χ1) is 8.18. The first kappa shape index (κ1) is 12.9. The predicted molar refractivity (Wildman–Crippen MR) is 68.8 cm³/mol. The van der Waals surface area contributed by atoms with Crippen LogP contribution in [0.4, 0.5) is 0 Å². The molecule has 0 aromatic heterocycles. The zero-order valence-corrected chi connectivity index (χ0v) is 11.0. The van der Waals surface area contributed by atoms with Crippen molar-refractivity contribution in [2.24, 2.45) is 23.7 Å². The van der Waals surface area contributed by atoms with Gasteiger partial charge < -0.3 is 5.11 Å². The highest BCUT2D eigenvalue weighted by Crippen LogP contribution is 2.48. The van der Waals surface area contributed by atoms with Crippen LogP contribution in [0.5, 0.6) is 0 Å². The summed E-state index contributed by atoms with van der Waals surface area (Å²) in [5.41, 5.74) is 0. The van der Waals surface area contributed by atoms with Crippen LogP contribution in [0.1, 0.15) is 64.7 Å². The van der Waals surface area contributed by atoms with Gasteiger partial charge >= 0.3 is 5.97 Å². The molecular weight excluding hydrogens is 212 g/mol. The van der Waals surface area contributed by atoms with E-state index in [1.165, 1.54) is 38.5 Å². The van der Waals surface area contributed by atoms with Gasteiger partial charge in [-0.15, -0.1) is 0 Å². The molecule has 0 saturated heterocycles. The Kier molecular flexibility index (Phi) is 4.47. The standard InChI is InChI=1S/C15H26O2/c1-11-5-2-6-12-7-3-8-13(15(11)12)9-4-10-14(16)17/h11-13,15H,2-10H2,1H3,(H,16,17). The van der Waals surface area contributed by atoms with Crippen LogP contribution in [-0.2, 0) is 4.79 Å². The molecule has 17 heavy (non-hydrogen) atoms. The second-order valence-electron chi connectivity index (χ2n) is 6.22. The van der Waals surface area contributed by atoms with Gasteiger partial charge in [-0.2, -0.15) is 0 Å². The smallest absolute Gasteiger partial charge is 0.303 e. The van der Waals surface area contributed by atoms with E-state index < -0.39 is 5.97 Å². The van der Waals surface area contributed by atoms with E-state index >= 15 is 0 Å². The summed E-state index contributed by atoms with van der Waals surface area (Å²) >= 11 is 0. The van der Waals surface area contributed by atoms with Crippen molar-refractivity contribution in [2.75, 3.05) is 0 Å². The van der Waals surface area contributed by atoms with Crippen LogP contribution >= 0.6 is 0 Å². The molecule has 0 aromatic carbocycles. The Morgan fingerprint density at radius 3 is 2.59 bits per heavy atom. The lowest BCUT2D eigenvalue weighted by Gasteiger charge is -2.45. The Hall–Kier alpha value is -0.530. The second-order valence-corrected chi connectivity index (χ2v) is 6.22. The summed E-state index contributed by atoms with van der Waals surface area (Å²) in [6, 6.07) is 0. The molecule has 4 atom stereocenters. The van der Waals surface area contributed by atoms with Gasteiger partial charge in [0.1, 0.15) is 0 Å². The fraction of sp³-hybridized carbons (Fsp3) is 0.933. The summed E-state index contributed by atoms with van der Waals surface area (Å²) in [5, 5.41) is 8.73. The molecule has 0 amide bonds. The Balaban J connectivity index is 1.88. The fourth-order valence-electron chi connectivity index (χ4n) is 4.42. The van der Waals surface area contributed by atoms with Gasteiger partial charge in [0.15, 0.2) is 0 Å². The van der Waals surface area contributed by atoms with Gasteiger partial charge in [-0.05, 0) is 36.5 Å². The van der Waals surface area contributed by atoms with E-state index in [-0.39, 0.29) is 0 Å².